The molecule has 1 aromatic heterocycles. The van der Waals surface area contributed by atoms with Crippen molar-refractivity contribution in [3.63, 3.8) is 0 Å². The fourth-order valence-electron chi connectivity index (χ4n) is 3.43. The van der Waals surface area contributed by atoms with Crippen molar-refractivity contribution in [2.45, 2.75) is 23.9 Å². The highest BCUT2D eigenvalue weighted by Gasteiger charge is 2.26. The molecule has 0 aliphatic heterocycles. The molecule has 0 aliphatic carbocycles. The van der Waals surface area contributed by atoms with Crippen molar-refractivity contribution < 1.29 is 18.4 Å². The van der Waals surface area contributed by atoms with Crippen LogP contribution in [-0.4, -0.2) is 26.2 Å². The van der Waals surface area contributed by atoms with E-state index in [0.29, 0.717) is 33.5 Å². The van der Waals surface area contributed by atoms with Gasteiger partial charge in [-0.1, -0.05) is 42.1 Å². The molecular weight excluding hydrogens is 462 g/mol. The van der Waals surface area contributed by atoms with E-state index in [1.165, 1.54) is 36.0 Å². The van der Waals surface area contributed by atoms with Gasteiger partial charge in [0, 0.05) is 16.2 Å². The number of benzene rings is 3. The molecule has 34 heavy (non-hydrogen) atoms. The summed E-state index contributed by atoms with van der Waals surface area (Å²) in [6, 6.07) is 18.9. The Bertz CT molecular complexity index is 1300. The molecule has 0 fully saturated rings. The highest BCUT2D eigenvalue weighted by atomic mass is 32.2. The van der Waals surface area contributed by atoms with Gasteiger partial charge >= 0.3 is 0 Å². The molecule has 4 aromatic rings. The van der Waals surface area contributed by atoms with Gasteiger partial charge in [-0.3, -0.25) is 14.7 Å². The Hall–Kier alpha value is -3.79. The van der Waals surface area contributed by atoms with Crippen LogP contribution < -0.4 is 4.74 Å². The molecular formula is C24H20F2N4O3S. The van der Waals surface area contributed by atoms with Crippen molar-refractivity contribution in [1.82, 2.24) is 14.8 Å². The van der Waals surface area contributed by atoms with Crippen LogP contribution in [0.1, 0.15) is 22.2 Å². The summed E-state index contributed by atoms with van der Waals surface area (Å²) in [5.74, 6) is 0.270. The molecule has 7 nitrogen and oxygen atoms in total. The first kappa shape index (κ1) is 23.4. The Morgan fingerprint density at radius 2 is 1.79 bits per heavy atom. The van der Waals surface area contributed by atoms with Crippen molar-refractivity contribution in [2.24, 2.45) is 0 Å². The monoisotopic (exact) mass is 482 g/mol. The summed E-state index contributed by atoms with van der Waals surface area (Å²) in [4.78, 5) is 11.1. The second kappa shape index (κ2) is 10.4. The minimum Gasteiger partial charge on any atom is -0.489 e. The Morgan fingerprint density at radius 1 is 1.03 bits per heavy atom. The number of ether oxygens (including phenoxy) is 1. The van der Waals surface area contributed by atoms with Crippen LogP contribution in [0.2, 0.25) is 0 Å². The number of aryl methyl sites for hydroxylation is 1. The Balaban J connectivity index is 1.64. The summed E-state index contributed by atoms with van der Waals surface area (Å²) in [6.45, 7) is 1.47. The molecule has 0 saturated carbocycles. The lowest BCUT2D eigenvalue weighted by atomic mass is 10.1. The van der Waals surface area contributed by atoms with Gasteiger partial charge in [0.2, 0.25) is 6.54 Å². The van der Waals surface area contributed by atoms with Crippen molar-refractivity contribution in [3.8, 4) is 11.4 Å². The lowest BCUT2D eigenvalue weighted by Crippen LogP contribution is -2.12. The van der Waals surface area contributed by atoms with Crippen LogP contribution in [0.5, 0.6) is 5.75 Å². The van der Waals surface area contributed by atoms with Crippen molar-refractivity contribution >= 4 is 11.8 Å². The van der Waals surface area contributed by atoms with Gasteiger partial charge in [-0.05, 0) is 55.0 Å². The van der Waals surface area contributed by atoms with E-state index < -0.39 is 10.2 Å². The van der Waals surface area contributed by atoms with Crippen molar-refractivity contribution in [1.29, 1.82) is 0 Å². The quantitative estimate of drug-likeness (QED) is 0.177. The molecule has 0 unspecified atom stereocenters. The van der Waals surface area contributed by atoms with Crippen molar-refractivity contribution in [3.05, 3.63) is 111 Å². The van der Waals surface area contributed by atoms with E-state index >= 15 is 0 Å². The van der Waals surface area contributed by atoms with Gasteiger partial charge in [-0.2, -0.15) is 0 Å². The Labute approximate surface area is 198 Å². The molecule has 0 amide bonds. The Morgan fingerprint density at radius 3 is 2.53 bits per heavy atom. The topological polar surface area (TPSA) is 83.1 Å². The number of rotatable bonds is 9. The van der Waals surface area contributed by atoms with Crippen molar-refractivity contribution in [2.75, 3.05) is 6.54 Å². The second-order valence-corrected chi connectivity index (χ2v) is 8.59. The molecule has 3 aromatic carbocycles. The Kier molecular flexibility index (Phi) is 7.17. The number of para-hydroxylation sites is 1. The fourth-order valence-corrected chi connectivity index (χ4v) is 4.64. The lowest BCUT2D eigenvalue weighted by Gasteiger charge is -2.18. The number of hydrogen-bond acceptors (Lipinski definition) is 6. The minimum atomic E-state index is -0.651. The largest absolute Gasteiger partial charge is 0.489 e. The summed E-state index contributed by atoms with van der Waals surface area (Å²) in [7, 11) is 0. The highest BCUT2D eigenvalue weighted by Crippen LogP contribution is 2.40. The predicted octanol–water partition coefficient (Wildman–Crippen LogP) is 5.54. The van der Waals surface area contributed by atoms with Gasteiger partial charge in [0.25, 0.3) is 0 Å². The molecule has 0 aliphatic rings. The predicted molar refractivity (Wildman–Crippen MR) is 124 cm³/mol. The average molecular weight is 483 g/mol. The molecule has 0 bridgehead atoms. The molecule has 0 saturated heterocycles. The van der Waals surface area contributed by atoms with Gasteiger partial charge in [0.1, 0.15) is 35.1 Å². The third-order valence-corrected chi connectivity index (χ3v) is 6.15. The molecule has 0 spiro atoms. The molecule has 0 N–H and O–H groups in total. The smallest absolute Gasteiger partial charge is 0.220 e. The lowest BCUT2D eigenvalue weighted by molar-refractivity contribution is -0.479. The van der Waals surface area contributed by atoms with Crippen LogP contribution >= 0.6 is 11.8 Å². The maximum atomic E-state index is 13.5. The number of hydrogen-bond donors (Lipinski definition) is 0. The first-order valence-electron chi connectivity index (χ1n) is 10.3. The average Bonchev–Trinajstić information content (AvgIpc) is 3.17. The standard InChI is InChI=1S/C24H20F2N4O3S/c1-16-27-28-24(30(16)20-11-9-18(25)10-12-20)34-23(14-29(31)32)21-7-2-3-8-22(21)33-15-17-5-4-6-19(26)13-17/h2-13,23H,14-15H2,1H3/t23-/m1/s1. The van der Waals surface area contributed by atoms with Gasteiger partial charge in [-0.25, -0.2) is 8.78 Å². The third kappa shape index (κ3) is 5.57. The van der Waals surface area contributed by atoms with E-state index in [-0.39, 0.29) is 24.8 Å². The van der Waals surface area contributed by atoms with Crippen LogP contribution in [0, 0.1) is 28.7 Å². The molecule has 1 atom stereocenters. The maximum Gasteiger partial charge on any atom is 0.220 e. The van der Waals surface area contributed by atoms with Crippen LogP contribution in [0.25, 0.3) is 5.69 Å². The van der Waals surface area contributed by atoms with Gasteiger partial charge in [0.15, 0.2) is 5.16 Å². The van der Waals surface area contributed by atoms with E-state index in [4.69, 9.17) is 4.74 Å². The first-order chi connectivity index (χ1) is 16.4. The van der Waals surface area contributed by atoms with E-state index in [0.717, 1.165) is 0 Å². The highest BCUT2D eigenvalue weighted by molar-refractivity contribution is 7.99. The maximum absolute atomic E-state index is 13.5. The molecule has 4 rings (SSSR count). The minimum absolute atomic E-state index is 0.107. The number of aromatic nitrogens is 3. The zero-order chi connectivity index (χ0) is 24.1. The van der Waals surface area contributed by atoms with E-state index in [9.17, 15) is 18.9 Å². The van der Waals surface area contributed by atoms with E-state index in [1.54, 1.807) is 60.0 Å². The molecule has 1 heterocycles. The summed E-state index contributed by atoms with van der Waals surface area (Å²) >= 11 is 1.17. The number of nitro groups is 1. The first-order valence-corrected chi connectivity index (χ1v) is 11.2. The normalized spacial score (nSPS) is 11.9. The number of thioether (sulfide) groups is 1. The fraction of sp³-hybridized carbons (Fsp3) is 0.167. The summed E-state index contributed by atoms with van der Waals surface area (Å²) in [6.07, 6.45) is 0. The zero-order valence-corrected chi connectivity index (χ0v) is 18.9. The third-order valence-electron chi connectivity index (χ3n) is 4.99. The molecule has 0 radical (unpaired) electrons. The summed E-state index contributed by atoms with van der Waals surface area (Å²) < 4.78 is 34.6. The van der Waals surface area contributed by atoms with E-state index in [1.807, 2.05) is 0 Å². The van der Waals surface area contributed by atoms with Gasteiger partial charge < -0.3 is 4.74 Å². The number of nitrogens with zero attached hydrogens (tertiary/aromatic N) is 4. The van der Waals surface area contributed by atoms with Crippen LogP contribution in [-0.2, 0) is 6.61 Å². The summed E-state index contributed by atoms with van der Waals surface area (Å²) in [5.41, 5.74) is 1.88. The van der Waals surface area contributed by atoms with E-state index in [2.05, 4.69) is 10.2 Å². The van der Waals surface area contributed by atoms with Crippen LogP contribution in [0.4, 0.5) is 8.78 Å². The number of halogens is 2. The SMILES string of the molecule is Cc1nnc(S[C@H](C[N+](=O)[O-])c2ccccc2OCc2cccc(F)c2)n1-c1ccc(F)cc1. The summed E-state index contributed by atoms with van der Waals surface area (Å²) in [5, 5.41) is 19.6. The molecule has 174 valence electrons. The van der Waals surface area contributed by atoms with Gasteiger partial charge in [0.05, 0.1) is 0 Å². The molecule has 10 heteroatoms. The zero-order valence-electron chi connectivity index (χ0n) is 18.1. The van der Waals surface area contributed by atoms with Gasteiger partial charge in [-0.15, -0.1) is 10.2 Å². The second-order valence-electron chi connectivity index (χ2n) is 7.42. The van der Waals surface area contributed by atoms with Crippen LogP contribution in [0.15, 0.2) is 78.0 Å². The van der Waals surface area contributed by atoms with Crippen LogP contribution in [0.3, 0.4) is 0 Å².